The van der Waals surface area contributed by atoms with Crippen LogP contribution in [-0.4, -0.2) is 65.8 Å². The summed E-state index contributed by atoms with van der Waals surface area (Å²) in [6, 6.07) is 13.0. The summed E-state index contributed by atoms with van der Waals surface area (Å²) >= 11 is 0. The predicted octanol–water partition coefficient (Wildman–Crippen LogP) is 3.18. The van der Waals surface area contributed by atoms with E-state index >= 15 is 0 Å². The molecule has 1 fully saturated rings. The molecule has 1 aliphatic rings. The Morgan fingerprint density at radius 1 is 1.00 bits per heavy atom. The fourth-order valence-electron chi connectivity index (χ4n) is 4.19. The van der Waals surface area contributed by atoms with Crippen LogP contribution in [0.1, 0.15) is 18.1 Å². The first kappa shape index (κ1) is 24.3. The monoisotopic (exact) mass is 481 g/mol. The molecular weight excluding hydrogens is 453 g/mol. The van der Waals surface area contributed by atoms with Gasteiger partial charge in [-0.1, -0.05) is 12.1 Å². The summed E-state index contributed by atoms with van der Waals surface area (Å²) in [6.07, 6.45) is -0.369. The van der Waals surface area contributed by atoms with Gasteiger partial charge in [-0.2, -0.15) is 0 Å². The average Bonchev–Trinajstić information content (AvgIpc) is 2.85. The van der Waals surface area contributed by atoms with Crippen molar-refractivity contribution in [2.24, 2.45) is 0 Å². The lowest BCUT2D eigenvalue weighted by molar-refractivity contribution is -0.134. The maximum absolute atomic E-state index is 13.7. The molecule has 9 heteroatoms. The molecule has 8 nitrogen and oxygen atoms in total. The number of aryl methyl sites for hydroxylation is 1. The van der Waals surface area contributed by atoms with Crippen LogP contribution in [-0.2, 0) is 16.1 Å². The number of rotatable bonds is 6. The van der Waals surface area contributed by atoms with Gasteiger partial charge in [-0.3, -0.25) is 9.59 Å². The molecule has 184 valence electrons. The van der Waals surface area contributed by atoms with E-state index in [-0.39, 0.29) is 36.5 Å². The van der Waals surface area contributed by atoms with Crippen molar-refractivity contribution >= 4 is 22.9 Å². The molecule has 2 amide bonds. The third-order valence-electron chi connectivity index (χ3n) is 6.04. The van der Waals surface area contributed by atoms with Crippen LogP contribution in [0.5, 0.6) is 5.75 Å². The molecule has 2 aromatic carbocycles. The molecule has 1 aromatic heterocycles. The quantitative estimate of drug-likeness (QED) is 0.540. The predicted molar refractivity (Wildman–Crippen MR) is 129 cm³/mol. The third kappa shape index (κ3) is 5.62. The molecule has 0 spiro atoms. The Hall–Kier alpha value is -3.88. The van der Waals surface area contributed by atoms with Gasteiger partial charge < -0.3 is 23.8 Å². The number of hydrogen-bond donors (Lipinski definition) is 0. The number of piperazine rings is 1. The molecule has 1 aliphatic heterocycles. The van der Waals surface area contributed by atoms with Gasteiger partial charge in [0.2, 0.25) is 0 Å². The zero-order valence-corrected chi connectivity index (χ0v) is 19.8. The summed E-state index contributed by atoms with van der Waals surface area (Å²) in [5.74, 6) is -0.0957. The van der Waals surface area contributed by atoms with E-state index in [0.29, 0.717) is 49.6 Å². The Morgan fingerprint density at radius 2 is 1.74 bits per heavy atom. The number of benzene rings is 2. The topological polar surface area (TPSA) is 81.1 Å². The SMILES string of the molecule is CCOC(=O)N1CCN(C(=O)COc2ccc3c(C)cc(=O)n(Cc4cccc(F)c4)c3c2)CC1. The highest BCUT2D eigenvalue weighted by Gasteiger charge is 2.25. The molecule has 2 heterocycles. The number of aromatic nitrogens is 1. The Kier molecular flexibility index (Phi) is 7.33. The fourth-order valence-corrected chi connectivity index (χ4v) is 4.19. The van der Waals surface area contributed by atoms with Crippen molar-refractivity contribution in [2.75, 3.05) is 39.4 Å². The molecule has 0 atom stereocenters. The minimum absolute atomic E-state index is 0.162. The van der Waals surface area contributed by atoms with E-state index in [2.05, 4.69) is 0 Å². The maximum Gasteiger partial charge on any atom is 0.409 e. The fraction of sp³-hybridized carbons (Fsp3) is 0.346. The van der Waals surface area contributed by atoms with Crippen LogP contribution in [0.15, 0.2) is 53.3 Å². The normalized spacial score (nSPS) is 13.7. The minimum atomic E-state index is -0.369. The molecule has 4 rings (SSSR count). The lowest BCUT2D eigenvalue weighted by atomic mass is 10.1. The van der Waals surface area contributed by atoms with E-state index < -0.39 is 0 Å². The van der Waals surface area contributed by atoms with Gasteiger partial charge in [-0.25, -0.2) is 9.18 Å². The zero-order chi connectivity index (χ0) is 24.9. The van der Waals surface area contributed by atoms with Crippen LogP contribution in [0.4, 0.5) is 9.18 Å². The summed E-state index contributed by atoms with van der Waals surface area (Å²) in [5.41, 5.74) is 1.93. The highest BCUT2D eigenvalue weighted by atomic mass is 19.1. The summed E-state index contributed by atoms with van der Waals surface area (Å²) in [6.45, 7) is 5.60. The van der Waals surface area contributed by atoms with Gasteiger partial charge in [0.15, 0.2) is 6.61 Å². The first-order chi connectivity index (χ1) is 16.9. The van der Waals surface area contributed by atoms with Crippen molar-refractivity contribution in [2.45, 2.75) is 20.4 Å². The standard InChI is InChI=1S/C26H28FN3O5/c1-3-34-26(33)29-11-9-28(10-12-29)25(32)17-35-21-7-8-22-18(2)13-24(31)30(23(22)15-21)16-19-5-4-6-20(27)14-19/h4-8,13-15H,3,9-12,16-17H2,1-2H3. The van der Waals surface area contributed by atoms with Crippen LogP contribution in [0.25, 0.3) is 10.9 Å². The van der Waals surface area contributed by atoms with E-state index in [1.807, 2.05) is 13.0 Å². The van der Waals surface area contributed by atoms with E-state index in [0.717, 1.165) is 10.9 Å². The molecule has 35 heavy (non-hydrogen) atoms. The number of carbonyl (C=O) groups excluding carboxylic acids is 2. The Labute approximate surface area is 202 Å². The van der Waals surface area contributed by atoms with Crippen molar-refractivity contribution in [3.8, 4) is 5.75 Å². The van der Waals surface area contributed by atoms with Gasteiger partial charge in [0, 0.05) is 43.7 Å². The van der Waals surface area contributed by atoms with Crippen LogP contribution >= 0.6 is 0 Å². The second kappa shape index (κ2) is 10.6. The van der Waals surface area contributed by atoms with Crippen LogP contribution in [0.2, 0.25) is 0 Å². The molecule has 0 unspecified atom stereocenters. The number of halogens is 1. The number of carbonyl (C=O) groups is 2. The Balaban J connectivity index is 1.47. The highest BCUT2D eigenvalue weighted by Crippen LogP contribution is 2.23. The number of pyridine rings is 1. The van der Waals surface area contributed by atoms with E-state index in [1.54, 1.807) is 51.6 Å². The Bertz CT molecular complexity index is 1300. The number of hydrogen-bond acceptors (Lipinski definition) is 5. The second-order valence-corrected chi connectivity index (χ2v) is 8.42. The zero-order valence-electron chi connectivity index (χ0n) is 19.8. The first-order valence-electron chi connectivity index (χ1n) is 11.6. The lowest BCUT2D eigenvalue weighted by Gasteiger charge is -2.33. The van der Waals surface area contributed by atoms with Crippen LogP contribution < -0.4 is 10.3 Å². The third-order valence-corrected chi connectivity index (χ3v) is 6.04. The average molecular weight is 482 g/mol. The lowest BCUT2D eigenvalue weighted by Crippen LogP contribution is -2.51. The number of fused-ring (bicyclic) bond motifs is 1. The molecule has 0 bridgehead atoms. The van der Waals surface area contributed by atoms with E-state index in [1.165, 1.54) is 12.1 Å². The molecular formula is C26H28FN3O5. The second-order valence-electron chi connectivity index (χ2n) is 8.42. The first-order valence-corrected chi connectivity index (χ1v) is 11.6. The van der Waals surface area contributed by atoms with Gasteiger partial charge in [-0.05, 0) is 49.2 Å². The van der Waals surface area contributed by atoms with Crippen molar-refractivity contribution in [3.05, 3.63) is 75.8 Å². The molecule has 0 N–H and O–H groups in total. The summed E-state index contributed by atoms with van der Waals surface area (Å²) < 4.78 is 26.0. The molecule has 0 aliphatic carbocycles. The van der Waals surface area contributed by atoms with Crippen LogP contribution in [0.3, 0.4) is 0 Å². The Morgan fingerprint density at radius 3 is 2.46 bits per heavy atom. The summed E-state index contributed by atoms with van der Waals surface area (Å²) in [5, 5.41) is 0.870. The number of nitrogens with zero attached hydrogens (tertiary/aromatic N) is 3. The molecule has 3 aromatic rings. The van der Waals surface area contributed by atoms with E-state index in [4.69, 9.17) is 9.47 Å². The molecule has 0 radical (unpaired) electrons. The number of amides is 2. The van der Waals surface area contributed by atoms with Gasteiger partial charge in [-0.15, -0.1) is 0 Å². The van der Waals surface area contributed by atoms with Crippen molar-refractivity contribution in [1.82, 2.24) is 14.4 Å². The van der Waals surface area contributed by atoms with Crippen molar-refractivity contribution in [1.29, 1.82) is 0 Å². The maximum atomic E-state index is 13.7. The van der Waals surface area contributed by atoms with Crippen LogP contribution in [0, 0.1) is 12.7 Å². The summed E-state index contributed by atoms with van der Waals surface area (Å²) in [7, 11) is 0. The van der Waals surface area contributed by atoms with Gasteiger partial charge in [0.25, 0.3) is 11.5 Å². The number of ether oxygens (including phenoxy) is 2. The van der Waals surface area contributed by atoms with E-state index in [9.17, 15) is 18.8 Å². The van der Waals surface area contributed by atoms with Gasteiger partial charge in [0.1, 0.15) is 11.6 Å². The molecule has 1 saturated heterocycles. The highest BCUT2D eigenvalue weighted by molar-refractivity contribution is 5.84. The smallest absolute Gasteiger partial charge is 0.409 e. The van der Waals surface area contributed by atoms with Gasteiger partial charge >= 0.3 is 6.09 Å². The van der Waals surface area contributed by atoms with Crippen molar-refractivity contribution in [3.63, 3.8) is 0 Å². The molecule has 0 saturated carbocycles. The summed E-state index contributed by atoms with van der Waals surface area (Å²) in [4.78, 5) is 40.5. The van der Waals surface area contributed by atoms with Crippen molar-refractivity contribution < 1.29 is 23.5 Å². The largest absolute Gasteiger partial charge is 0.484 e. The minimum Gasteiger partial charge on any atom is -0.484 e. The van der Waals surface area contributed by atoms with Gasteiger partial charge in [0.05, 0.1) is 18.7 Å².